The predicted molar refractivity (Wildman–Crippen MR) is 130 cm³/mol. The minimum Gasteiger partial charge on any atom is -0.465 e. The Kier molecular flexibility index (Phi) is 8.67. The summed E-state index contributed by atoms with van der Waals surface area (Å²) in [5.41, 5.74) is 0. The summed E-state index contributed by atoms with van der Waals surface area (Å²) in [6.45, 7) is 12.8. The van der Waals surface area contributed by atoms with E-state index in [-0.39, 0.29) is 48.7 Å². The van der Waals surface area contributed by atoms with E-state index in [1.807, 2.05) is 0 Å². The maximum absolute atomic E-state index is 14.0. The predicted octanol–water partition coefficient (Wildman–Crippen LogP) is 2.64. The molecule has 3 aliphatic heterocycles. The number of esters is 1. The van der Waals surface area contributed by atoms with Gasteiger partial charge >= 0.3 is 5.97 Å². The third kappa shape index (κ3) is 4.48. The molecule has 3 saturated heterocycles. The van der Waals surface area contributed by atoms with Crippen LogP contribution in [0.5, 0.6) is 0 Å². The van der Waals surface area contributed by atoms with E-state index < -0.39 is 22.6 Å². The summed E-state index contributed by atoms with van der Waals surface area (Å²) in [6.07, 6.45) is 7.68. The van der Waals surface area contributed by atoms with E-state index in [9.17, 15) is 19.5 Å². The van der Waals surface area contributed by atoms with Gasteiger partial charge in [0.2, 0.25) is 11.8 Å². The summed E-state index contributed by atoms with van der Waals surface area (Å²) in [4.78, 5) is 44.1. The third-order valence-corrected chi connectivity index (χ3v) is 9.43. The number of rotatable bonds is 13. The standard InChI is InChI=1S/C25H38N2O5S/c1-5-8-10-12-26(11-7-3)23(30)21-25-17(4)16-18(33-25)19(24(31)32-15-9-6-2)20(25)22(29)27(21)13-14-28/h6-7,17-21,28H,2-3,5,8-16H2,1,4H3/t17?,18-,19+,20-,21?,25?/m0/s1. The summed E-state index contributed by atoms with van der Waals surface area (Å²) >= 11 is 1.63. The van der Waals surface area contributed by atoms with Crippen LogP contribution in [0.2, 0.25) is 0 Å². The van der Waals surface area contributed by atoms with Gasteiger partial charge in [0.05, 0.1) is 29.8 Å². The molecule has 2 bridgehead atoms. The molecule has 3 unspecified atom stereocenters. The van der Waals surface area contributed by atoms with Crippen molar-refractivity contribution in [2.45, 2.75) is 62.0 Å². The van der Waals surface area contributed by atoms with E-state index >= 15 is 0 Å². The lowest BCUT2D eigenvalue weighted by molar-refractivity contribution is -0.154. The normalized spacial score (nSPS) is 32.0. The first kappa shape index (κ1) is 25.8. The minimum absolute atomic E-state index is 0.0373. The number of likely N-dealkylation sites (tertiary alicyclic amines) is 1. The Balaban J connectivity index is 1.95. The van der Waals surface area contributed by atoms with Crippen LogP contribution in [0.15, 0.2) is 25.3 Å². The topological polar surface area (TPSA) is 87.2 Å². The molecule has 1 spiro atoms. The van der Waals surface area contributed by atoms with E-state index in [1.54, 1.807) is 28.8 Å². The van der Waals surface area contributed by atoms with Gasteiger partial charge in [0.15, 0.2) is 0 Å². The van der Waals surface area contributed by atoms with Crippen LogP contribution in [0, 0.1) is 17.8 Å². The molecule has 7 nitrogen and oxygen atoms in total. The van der Waals surface area contributed by atoms with Gasteiger partial charge in [0, 0.05) is 24.9 Å². The molecule has 0 aromatic heterocycles. The van der Waals surface area contributed by atoms with Crippen LogP contribution in [0.25, 0.3) is 0 Å². The number of carbonyl (C=O) groups excluding carboxylic acids is 3. The van der Waals surface area contributed by atoms with Gasteiger partial charge in [0.25, 0.3) is 0 Å². The van der Waals surface area contributed by atoms with Gasteiger partial charge in [-0.3, -0.25) is 14.4 Å². The zero-order valence-electron chi connectivity index (χ0n) is 19.9. The Morgan fingerprint density at radius 2 is 2.09 bits per heavy atom. The van der Waals surface area contributed by atoms with Crippen molar-refractivity contribution in [3.05, 3.63) is 25.3 Å². The van der Waals surface area contributed by atoms with E-state index in [4.69, 9.17) is 4.74 Å². The largest absolute Gasteiger partial charge is 0.465 e. The Morgan fingerprint density at radius 3 is 2.73 bits per heavy atom. The molecule has 8 heteroatoms. The molecular weight excluding hydrogens is 440 g/mol. The van der Waals surface area contributed by atoms with Gasteiger partial charge in [-0.2, -0.15) is 0 Å². The molecule has 0 aromatic carbocycles. The number of fused-ring (bicyclic) bond motifs is 1. The quantitative estimate of drug-likeness (QED) is 0.249. The first-order valence-corrected chi connectivity index (χ1v) is 13.0. The molecule has 3 rings (SSSR count). The van der Waals surface area contributed by atoms with Crippen molar-refractivity contribution in [2.75, 3.05) is 32.8 Å². The van der Waals surface area contributed by atoms with Crippen LogP contribution in [0.3, 0.4) is 0 Å². The second-order valence-electron chi connectivity index (χ2n) is 9.33. The number of hydrogen-bond donors (Lipinski definition) is 1. The number of aliphatic hydroxyl groups is 1. The molecule has 33 heavy (non-hydrogen) atoms. The van der Waals surface area contributed by atoms with Gasteiger partial charge in [0.1, 0.15) is 6.04 Å². The Hall–Kier alpha value is -1.80. The van der Waals surface area contributed by atoms with E-state index in [0.29, 0.717) is 19.5 Å². The van der Waals surface area contributed by atoms with Crippen molar-refractivity contribution in [1.82, 2.24) is 9.80 Å². The van der Waals surface area contributed by atoms with Gasteiger partial charge < -0.3 is 19.6 Å². The summed E-state index contributed by atoms with van der Waals surface area (Å²) in [5, 5.41) is 9.69. The van der Waals surface area contributed by atoms with Crippen molar-refractivity contribution in [3.63, 3.8) is 0 Å². The van der Waals surface area contributed by atoms with Crippen LogP contribution < -0.4 is 0 Å². The summed E-state index contributed by atoms with van der Waals surface area (Å²) in [6, 6.07) is -0.695. The molecule has 3 heterocycles. The number of carbonyl (C=O) groups is 3. The Morgan fingerprint density at radius 1 is 1.33 bits per heavy atom. The fourth-order valence-corrected chi connectivity index (χ4v) is 8.33. The second-order valence-corrected chi connectivity index (χ2v) is 10.9. The number of aliphatic hydroxyl groups excluding tert-OH is 1. The van der Waals surface area contributed by atoms with Crippen molar-refractivity contribution >= 4 is 29.5 Å². The van der Waals surface area contributed by atoms with E-state index in [0.717, 1.165) is 25.7 Å². The first-order valence-electron chi connectivity index (χ1n) is 12.1. The summed E-state index contributed by atoms with van der Waals surface area (Å²) < 4.78 is 4.82. The number of unbranched alkanes of at least 4 members (excludes halogenated alkanes) is 2. The van der Waals surface area contributed by atoms with Crippen molar-refractivity contribution in [1.29, 1.82) is 0 Å². The van der Waals surface area contributed by atoms with Crippen LogP contribution in [0.1, 0.15) is 46.0 Å². The number of amides is 2. The van der Waals surface area contributed by atoms with E-state index in [2.05, 4.69) is 27.0 Å². The first-order chi connectivity index (χ1) is 15.9. The molecule has 0 aliphatic carbocycles. The average Bonchev–Trinajstić information content (AvgIpc) is 3.37. The molecule has 3 fully saturated rings. The maximum Gasteiger partial charge on any atom is 0.310 e. The number of ether oxygens (including phenoxy) is 1. The SMILES string of the molecule is C=CCCOC(=O)[C@@H]1[C@@H]2CC(C)C3(S2)C(C(=O)N(CC=C)CCCCC)N(CCO)C(=O)[C@H]13. The minimum atomic E-state index is -0.695. The van der Waals surface area contributed by atoms with Crippen LogP contribution in [-0.2, 0) is 19.1 Å². The van der Waals surface area contributed by atoms with Gasteiger partial charge in [-0.05, 0) is 25.2 Å². The molecule has 184 valence electrons. The molecular formula is C25H38N2O5S. The monoisotopic (exact) mass is 478 g/mol. The number of hydrogen-bond acceptors (Lipinski definition) is 6. The second kappa shape index (κ2) is 11.1. The zero-order chi connectivity index (χ0) is 24.2. The van der Waals surface area contributed by atoms with Gasteiger partial charge in [-0.15, -0.1) is 24.9 Å². The molecule has 3 aliphatic rings. The number of β-amino-alcohol motifs (C(OH)–C–C–N with tert-alkyl or cyclic N) is 1. The Bertz CT molecular complexity index is 774. The maximum atomic E-state index is 14.0. The summed E-state index contributed by atoms with van der Waals surface area (Å²) in [5.74, 6) is -1.73. The number of nitrogens with zero attached hydrogens (tertiary/aromatic N) is 2. The zero-order valence-corrected chi connectivity index (χ0v) is 20.7. The highest BCUT2D eigenvalue weighted by molar-refractivity contribution is 8.02. The highest BCUT2D eigenvalue weighted by Crippen LogP contribution is 2.68. The van der Waals surface area contributed by atoms with Crippen LogP contribution in [-0.4, -0.2) is 81.6 Å². The van der Waals surface area contributed by atoms with Crippen LogP contribution in [0.4, 0.5) is 0 Å². The lowest BCUT2D eigenvalue weighted by atomic mass is 9.66. The molecule has 2 amide bonds. The molecule has 6 atom stereocenters. The average molecular weight is 479 g/mol. The smallest absolute Gasteiger partial charge is 0.310 e. The van der Waals surface area contributed by atoms with Gasteiger partial charge in [-0.25, -0.2) is 0 Å². The highest BCUT2D eigenvalue weighted by Gasteiger charge is 2.76. The van der Waals surface area contributed by atoms with Crippen molar-refractivity contribution < 1.29 is 24.2 Å². The highest BCUT2D eigenvalue weighted by atomic mass is 32.2. The van der Waals surface area contributed by atoms with Gasteiger partial charge in [-0.1, -0.05) is 38.8 Å². The van der Waals surface area contributed by atoms with Crippen molar-refractivity contribution in [3.8, 4) is 0 Å². The summed E-state index contributed by atoms with van der Waals surface area (Å²) in [7, 11) is 0. The van der Waals surface area contributed by atoms with Crippen LogP contribution >= 0.6 is 11.8 Å². The lowest BCUT2D eigenvalue weighted by Crippen LogP contribution is -2.57. The van der Waals surface area contributed by atoms with E-state index in [1.165, 1.54) is 4.90 Å². The third-order valence-electron chi connectivity index (χ3n) is 7.35. The molecule has 0 radical (unpaired) electrons. The van der Waals surface area contributed by atoms with Crippen molar-refractivity contribution in [2.24, 2.45) is 17.8 Å². The number of thioether (sulfide) groups is 1. The Labute approximate surface area is 201 Å². The molecule has 0 aromatic rings. The molecule has 1 N–H and O–H groups in total. The fourth-order valence-electron chi connectivity index (χ4n) is 5.93. The molecule has 0 saturated carbocycles. The fraction of sp³-hybridized carbons (Fsp3) is 0.720. The lowest BCUT2D eigenvalue weighted by Gasteiger charge is -2.40.